The quantitative estimate of drug-likeness (QED) is 0.531. The molecule has 0 aliphatic heterocycles. The summed E-state index contributed by atoms with van der Waals surface area (Å²) in [4.78, 5) is 20.9. The second-order valence-corrected chi connectivity index (χ2v) is 5.90. The zero-order chi connectivity index (χ0) is 18.0. The fraction of sp³-hybridized carbons (Fsp3) is 0.882. The van der Waals surface area contributed by atoms with Crippen molar-refractivity contribution in [3.05, 3.63) is 0 Å². The van der Waals surface area contributed by atoms with Crippen molar-refractivity contribution in [3.63, 3.8) is 0 Å². The third-order valence-electron chi connectivity index (χ3n) is 2.45. The number of esters is 1. The second-order valence-electron chi connectivity index (χ2n) is 5.90. The molecule has 5 heteroatoms. The Kier molecular flexibility index (Phi) is 21.1. The highest BCUT2D eigenvalue weighted by molar-refractivity contribution is 5.69. The van der Waals surface area contributed by atoms with Gasteiger partial charge < -0.3 is 15.8 Å². The Morgan fingerprint density at radius 2 is 1.55 bits per heavy atom. The number of hydrogen-bond donors (Lipinski definition) is 2. The molecule has 0 saturated carbocycles. The molecule has 5 nitrogen and oxygen atoms in total. The van der Waals surface area contributed by atoms with Crippen LogP contribution >= 0.6 is 0 Å². The smallest absolute Gasteiger partial charge is 0.306 e. The Labute approximate surface area is 137 Å². The Bertz CT molecular complexity index is 245. The molecule has 0 bridgehead atoms. The van der Waals surface area contributed by atoms with E-state index in [1.165, 1.54) is 7.05 Å². The molecule has 0 atom stereocenters. The average molecular weight is 319 g/mol. The zero-order valence-corrected chi connectivity index (χ0v) is 15.7. The topological polar surface area (TPSA) is 81.4 Å². The maximum Gasteiger partial charge on any atom is 0.306 e. The van der Waals surface area contributed by atoms with Gasteiger partial charge in [0.2, 0.25) is 6.41 Å². The van der Waals surface area contributed by atoms with Gasteiger partial charge >= 0.3 is 5.97 Å². The molecule has 0 heterocycles. The van der Waals surface area contributed by atoms with E-state index in [-0.39, 0.29) is 11.6 Å². The number of carbonyl (C=O) groups excluding carboxylic acids is 2. The van der Waals surface area contributed by atoms with Crippen LogP contribution in [0.4, 0.5) is 0 Å². The van der Waals surface area contributed by atoms with Gasteiger partial charge in [-0.25, -0.2) is 0 Å². The number of nitrogens with one attached hydrogen (secondary N) is 1. The van der Waals surface area contributed by atoms with Gasteiger partial charge in [0.15, 0.2) is 0 Å². The normalized spacial score (nSPS) is 9.86. The lowest BCUT2D eigenvalue weighted by Gasteiger charge is -2.18. The molecule has 134 valence electrons. The molecule has 0 radical (unpaired) electrons. The van der Waals surface area contributed by atoms with Crippen LogP contribution in [0.15, 0.2) is 0 Å². The minimum atomic E-state index is -0.327. The van der Waals surface area contributed by atoms with Crippen LogP contribution in [0, 0.1) is 0 Å². The van der Waals surface area contributed by atoms with Gasteiger partial charge in [-0.3, -0.25) is 9.59 Å². The predicted octanol–water partition coefficient (Wildman–Crippen LogP) is 3.40. The summed E-state index contributed by atoms with van der Waals surface area (Å²) in [6, 6.07) is 0.410. The number of amides is 1. The van der Waals surface area contributed by atoms with Gasteiger partial charge in [-0.05, 0) is 47.1 Å². The predicted molar refractivity (Wildman–Crippen MR) is 93.7 cm³/mol. The molecule has 3 N–H and O–H groups in total. The fourth-order valence-electron chi connectivity index (χ4n) is 1.70. The average Bonchev–Trinajstić information content (AvgIpc) is 2.41. The van der Waals surface area contributed by atoms with Crippen molar-refractivity contribution in [1.29, 1.82) is 0 Å². The lowest BCUT2D eigenvalue weighted by molar-refractivity contribution is -0.154. The van der Waals surface area contributed by atoms with Gasteiger partial charge in [0.05, 0.1) is 0 Å². The molecule has 0 aliphatic rings. The Hall–Kier alpha value is -1.10. The van der Waals surface area contributed by atoms with Crippen LogP contribution in [-0.4, -0.2) is 31.1 Å². The summed E-state index contributed by atoms with van der Waals surface area (Å²) < 4.78 is 5.04. The van der Waals surface area contributed by atoms with Gasteiger partial charge in [-0.15, -0.1) is 0 Å². The summed E-state index contributed by atoms with van der Waals surface area (Å²) in [6.45, 7) is 11.9. The molecule has 0 saturated heterocycles. The summed E-state index contributed by atoms with van der Waals surface area (Å²) in [5.41, 5.74) is 4.17. The maximum atomic E-state index is 10.8. The van der Waals surface area contributed by atoms with Gasteiger partial charge in [0, 0.05) is 12.5 Å². The first kappa shape index (κ1) is 25.8. The first-order valence-corrected chi connectivity index (χ1v) is 8.29. The summed E-state index contributed by atoms with van der Waals surface area (Å²) in [5.74, 6) is -0.102. The largest absolute Gasteiger partial charge is 0.460 e. The second kappa shape index (κ2) is 18.0. The van der Waals surface area contributed by atoms with Crippen molar-refractivity contribution in [1.82, 2.24) is 5.32 Å². The summed E-state index contributed by atoms with van der Waals surface area (Å²) in [6.07, 6.45) is 6.68. The third-order valence-corrected chi connectivity index (χ3v) is 2.45. The van der Waals surface area contributed by atoms with Crippen molar-refractivity contribution >= 4 is 12.4 Å². The number of rotatable bonds is 8. The van der Waals surface area contributed by atoms with Crippen LogP contribution in [0.3, 0.4) is 0 Å². The van der Waals surface area contributed by atoms with E-state index >= 15 is 0 Å². The van der Waals surface area contributed by atoms with Gasteiger partial charge in [-0.2, -0.15) is 0 Å². The minimum absolute atomic E-state index is 0.102. The van der Waals surface area contributed by atoms with E-state index in [4.69, 9.17) is 4.74 Å². The van der Waals surface area contributed by atoms with E-state index in [2.05, 4.69) is 24.9 Å². The highest BCUT2D eigenvalue weighted by Crippen LogP contribution is 2.08. The van der Waals surface area contributed by atoms with E-state index in [0.29, 0.717) is 12.5 Å². The Balaban J connectivity index is -0.000000294. The molecule has 0 aromatic heterocycles. The molecule has 0 aromatic rings. The van der Waals surface area contributed by atoms with Crippen LogP contribution in [0.1, 0.15) is 80.1 Å². The lowest BCUT2D eigenvalue weighted by Crippen LogP contribution is -2.27. The molecular weight excluding hydrogens is 280 g/mol. The molecule has 1 amide bonds. The van der Waals surface area contributed by atoms with E-state index in [1.54, 1.807) is 0 Å². The van der Waals surface area contributed by atoms with Crippen molar-refractivity contribution in [2.75, 3.05) is 7.05 Å². The van der Waals surface area contributed by atoms with Crippen LogP contribution in [0.5, 0.6) is 0 Å². The number of hydrogen-bond acceptors (Lipinski definition) is 4. The molecule has 0 spiro atoms. The van der Waals surface area contributed by atoms with Crippen LogP contribution in [0.2, 0.25) is 0 Å². The van der Waals surface area contributed by atoms with Crippen LogP contribution in [-0.2, 0) is 14.3 Å². The standard InChI is InChI=1S/C8H17NO.C8H16O2.CH5N/c1-3-5-8(6-4-2)9-7-10;1-5-6-7(9)10-8(2,3)4;1-2/h7-8H,3-6H2,1-2H3,(H,9,10);5-6H2,1-4H3;2H2,1H3. The van der Waals surface area contributed by atoms with Crippen molar-refractivity contribution < 1.29 is 14.3 Å². The fourth-order valence-corrected chi connectivity index (χ4v) is 1.70. The molecule has 0 aromatic carbocycles. The van der Waals surface area contributed by atoms with Crippen molar-refractivity contribution in [2.45, 2.75) is 91.7 Å². The monoisotopic (exact) mass is 318 g/mol. The lowest BCUT2D eigenvalue weighted by atomic mass is 10.1. The highest BCUT2D eigenvalue weighted by atomic mass is 16.6. The summed E-state index contributed by atoms with van der Waals surface area (Å²) in [5, 5.41) is 2.80. The highest BCUT2D eigenvalue weighted by Gasteiger charge is 2.14. The minimum Gasteiger partial charge on any atom is -0.460 e. The van der Waals surface area contributed by atoms with Crippen molar-refractivity contribution in [3.8, 4) is 0 Å². The van der Waals surface area contributed by atoms with Crippen molar-refractivity contribution in [2.24, 2.45) is 5.73 Å². The SMILES string of the molecule is CCCC(=O)OC(C)(C)C.CCCC(CCC)NC=O.CN. The molecule has 0 aliphatic carbocycles. The van der Waals surface area contributed by atoms with E-state index in [9.17, 15) is 9.59 Å². The van der Waals surface area contributed by atoms with E-state index < -0.39 is 0 Å². The van der Waals surface area contributed by atoms with E-state index in [0.717, 1.165) is 38.5 Å². The maximum absolute atomic E-state index is 10.8. The Morgan fingerprint density at radius 1 is 1.09 bits per heavy atom. The number of nitrogens with two attached hydrogens (primary N) is 1. The molecule has 0 unspecified atom stereocenters. The summed E-state index contributed by atoms with van der Waals surface area (Å²) >= 11 is 0. The number of carbonyl (C=O) groups is 2. The van der Waals surface area contributed by atoms with Crippen LogP contribution < -0.4 is 11.1 Å². The first-order chi connectivity index (χ1) is 10.3. The summed E-state index contributed by atoms with van der Waals surface area (Å²) in [7, 11) is 1.50. The van der Waals surface area contributed by atoms with Gasteiger partial charge in [0.1, 0.15) is 5.60 Å². The molecular formula is C17H38N2O3. The Morgan fingerprint density at radius 3 is 1.82 bits per heavy atom. The van der Waals surface area contributed by atoms with Gasteiger partial charge in [-0.1, -0.05) is 33.6 Å². The molecule has 0 fully saturated rings. The number of ether oxygens (including phenoxy) is 1. The van der Waals surface area contributed by atoms with E-state index in [1.807, 2.05) is 27.7 Å². The molecule has 22 heavy (non-hydrogen) atoms. The molecule has 0 rings (SSSR count). The zero-order valence-electron chi connectivity index (χ0n) is 15.7. The van der Waals surface area contributed by atoms with Gasteiger partial charge in [0.25, 0.3) is 0 Å². The van der Waals surface area contributed by atoms with Crippen LogP contribution in [0.25, 0.3) is 0 Å². The third kappa shape index (κ3) is 24.0. The first-order valence-electron chi connectivity index (χ1n) is 8.29.